The second-order valence-corrected chi connectivity index (χ2v) is 7.09. The van der Waals surface area contributed by atoms with E-state index in [0.717, 1.165) is 0 Å². The monoisotopic (exact) mass is 382 g/mol. The molecule has 124 valence electrons. The summed E-state index contributed by atoms with van der Waals surface area (Å²) in [5.74, 6) is 0.685. The van der Waals surface area contributed by atoms with E-state index in [1.165, 1.54) is 20.1 Å². The van der Waals surface area contributed by atoms with Crippen LogP contribution in [0.15, 0.2) is 66.7 Å². The summed E-state index contributed by atoms with van der Waals surface area (Å²) in [6.07, 6.45) is 0. The summed E-state index contributed by atoms with van der Waals surface area (Å²) in [6, 6.07) is 23.1. The van der Waals surface area contributed by atoms with Gasteiger partial charge in [0.05, 0.1) is 0 Å². The fourth-order valence-corrected chi connectivity index (χ4v) is 1.84. The molecule has 0 spiro atoms. The molecule has 0 heterocycles. The maximum atomic E-state index is 2.20. The van der Waals surface area contributed by atoms with Crippen LogP contribution in [0, 0.1) is 0 Å². The van der Waals surface area contributed by atoms with Gasteiger partial charge in [-0.2, -0.15) is 41.3 Å². The minimum atomic E-state index is 0. The van der Waals surface area contributed by atoms with Crippen LogP contribution in [-0.4, -0.2) is 3.81 Å². The van der Waals surface area contributed by atoms with Crippen molar-refractivity contribution in [2.45, 2.75) is 33.6 Å². The molecule has 0 saturated carbocycles. The fraction of sp³-hybridized carbons (Fsp3) is 0.250. The van der Waals surface area contributed by atoms with Gasteiger partial charge in [0.25, 0.3) is 0 Å². The van der Waals surface area contributed by atoms with Crippen LogP contribution in [-0.2, 0) is 20.0 Å². The van der Waals surface area contributed by atoms with Crippen molar-refractivity contribution in [3.05, 3.63) is 72.3 Å². The summed E-state index contributed by atoms with van der Waals surface area (Å²) in [5, 5.41) is 2.66. The Balaban J connectivity index is 0. The van der Waals surface area contributed by atoms with E-state index in [4.69, 9.17) is 0 Å². The summed E-state index contributed by atoms with van der Waals surface area (Å²) >= 11 is 2.08. The second-order valence-electron chi connectivity index (χ2n) is 5.53. The Kier molecular flexibility index (Phi) is 14.7. The predicted octanol–water partition coefficient (Wildman–Crippen LogP) is -0.159. The van der Waals surface area contributed by atoms with Gasteiger partial charge in [0, 0.05) is 0 Å². The average molecular weight is 383 g/mol. The summed E-state index contributed by atoms with van der Waals surface area (Å²) in [6.45, 7) is 8.57. The standard InChI is InChI=1S/C9H7.C8H11.C3H6.2ClH.Ti/c1-2-5-9-7-3-6-8(9)4-1;1-7(2)8-5-3-4-6-8;1-3-2;;;/h1-7H;3-7H,1-2H3;1-2H3;2*1H;/q2*-1;;;;+2/p-2. The topological polar surface area (TPSA) is 0 Å². The molecule has 3 aromatic rings. The Bertz CT molecular complexity index is 602. The zero-order chi connectivity index (χ0) is 15.7. The van der Waals surface area contributed by atoms with Gasteiger partial charge in [-0.3, -0.25) is 0 Å². The SMILES string of the molecule is CC(C)c1cc[cH-]c1.C[C](C)=[Ti+2].[Cl-].[Cl-].c1ccc2[cH-]ccc2c1. The molecule has 3 aromatic carbocycles. The molecular weight excluding hydrogens is 359 g/mol. The van der Waals surface area contributed by atoms with E-state index in [0.29, 0.717) is 5.92 Å². The predicted molar refractivity (Wildman–Crippen MR) is 92.0 cm³/mol. The molecule has 0 N–H and O–H groups in total. The van der Waals surface area contributed by atoms with Gasteiger partial charge >= 0.3 is 37.6 Å². The second kappa shape index (κ2) is 13.8. The van der Waals surface area contributed by atoms with E-state index in [2.05, 4.69) is 114 Å². The third-order valence-corrected chi connectivity index (χ3v) is 2.90. The molecule has 0 nitrogen and oxygen atoms in total. The van der Waals surface area contributed by atoms with Crippen LogP contribution in [0.5, 0.6) is 0 Å². The van der Waals surface area contributed by atoms with Crippen LogP contribution in [0.2, 0.25) is 0 Å². The largest absolute Gasteiger partial charge is 1.00 e. The number of hydrogen-bond acceptors (Lipinski definition) is 0. The van der Waals surface area contributed by atoms with Gasteiger partial charge in [0.2, 0.25) is 0 Å². The van der Waals surface area contributed by atoms with Crippen molar-refractivity contribution in [2.75, 3.05) is 0 Å². The Hall–Kier alpha value is -0.656. The van der Waals surface area contributed by atoms with Crippen LogP contribution in [0.4, 0.5) is 0 Å². The first kappa shape index (κ1) is 24.6. The van der Waals surface area contributed by atoms with Gasteiger partial charge < -0.3 is 24.8 Å². The Labute approximate surface area is 164 Å². The van der Waals surface area contributed by atoms with Crippen molar-refractivity contribution in [3.8, 4) is 0 Å². The van der Waals surface area contributed by atoms with E-state index in [9.17, 15) is 0 Å². The first-order valence-corrected chi connectivity index (χ1v) is 8.12. The summed E-state index contributed by atoms with van der Waals surface area (Å²) in [4.78, 5) is 0. The Morgan fingerprint density at radius 1 is 0.957 bits per heavy atom. The molecule has 0 amide bonds. The normalized spacial score (nSPS) is 8.83. The van der Waals surface area contributed by atoms with Gasteiger partial charge in [-0.25, -0.2) is 6.07 Å². The summed E-state index contributed by atoms with van der Waals surface area (Å²) in [7, 11) is 0. The molecule has 23 heavy (non-hydrogen) atoms. The molecule has 0 aliphatic rings. The first-order valence-electron chi connectivity index (χ1n) is 7.34. The van der Waals surface area contributed by atoms with E-state index in [-0.39, 0.29) is 24.8 Å². The minimum absolute atomic E-state index is 0. The molecule has 0 aliphatic heterocycles. The average Bonchev–Trinajstić information content (AvgIpc) is 3.10. The van der Waals surface area contributed by atoms with Crippen molar-refractivity contribution in [1.29, 1.82) is 0 Å². The maximum absolute atomic E-state index is 2.20. The zero-order valence-corrected chi connectivity index (χ0v) is 17.3. The van der Waals surface area contributed by atoms with Crippen molar-refractivity contribution < 1.29 is 44.8 Å². The third-order valence-electron chi connectivity index (χ3n) is 2.90. The number of hydrogen-bond donors (Lipinski definition) is 0. The first-order chi connectivity index (χ1) is 10.0. The van der Waals surface area contributed by atoms with Gasteiger partial charge in [-0.05, 0) is 0 Å². The van der Waals surface area contributed by atoms with Gasteiger partial charge in [-0.15, -0.1) is 29.7 Å². The van der Waals surface area contributed by atoms with Crippen molar-refractivity contribution in [1.82, 2.24) is 0 Å². The molecular formula is C20H24Cl2Ti-2. The molecule has 0 saturated heterocycles. The molecule has 0 atom stereocenters. The maximum Gasteiger partial charge on any atom is -0.0809 e. The molecule has 0 radical (unpaired) electrons. The number of rotatable bonds is 1. The van der Waals surface area contributed by atoms with Gasteiger partial charge in [0.15, 0.2) is 0 Å². The van der Waals surface area contributed by atoms with E-state index >= 15 is 0 Å². The van der Waals surface area contributed by atoms with E-state index in [1.807, 2.05) is 0 Å². The molecule has 0 fully saturated rings. The van der Waals surface area contributed by atoms with Crippen molar-refractivity contribution >= 4 is 14.6 Å². The third kappa shape index (κ3) is 10.7. The van der Waals surface area contributed by atoms with Crippen LogP contribution in [0.25, 0.3) is 10.8 Å². The van der Waals surface area contributed by atoms with Crippen LogP contribution in [0.1, 0.15) is 39.2 Å². The van der Waals surface area contributed by atoms with Crippen molar-refractivity contribution in [3.63, 3.8) is 0 Å². The van der Waals surface area contributed by atoms with Crippen LogP contribution < -0.4 is 24.8 Å². The van der Waals surface area contributed by atoms with Crippen molar-refractivity contribution in [2.24, 2.45) is 0 Å². The number of fused-ring (bicyclic) bond motifs is 1. The zero-order valence-electron chi connectivity index (χ0n) is 14.2. The molecule has 0 aliphatic carbocycles. The van der Waals surface area contributed by atoms with Crippen LogP contribution in [0.3, 0.4) is 0 Å². The summed E-state index contributed by atoms with van der Waals surface area (Å²) in [5.41, 5.74) is 1.44. The molecule has 3 heteroatoms. The summed E-state index contributed by atoms with van der Waals surface area (Å²) < 4.78 is 1.42. The smallest absolute Gasteiger partial charge is 0.0809 e. The van der Waals surface area contributed by atoms with Crippen LogP contribution >= 0.6 is 0 Å². The Morgan fingerprint density at radius 3 is 2.00 bits per heavy atom. The number of halogens is 2. The molecule has 3 rings (SSSR count). The van der Waals surface area contributed by atoms with Gasteiger partial charge in [-0.1, -0.05) is 25.8 Å². The van der Waals surface area contributed by atoms with E-state index < -0.39 is 0 Å². The Morgan fingerprint density at radius 2 is 1.57 bits per heavy atom. The minimum Gasteiger partial charge on any atom is -1.00 e. The molecule has 0 aromatic heterocycles. The van der Waals surface area contributed by atoms with Gasteiger partial charge in [0.1, 0.15) is 0 Å². The molecule has 0 bridgehead atoms. The quantitative estimate of drug-likeness (QED) is 0.405. The number of benzene rings is 1. The molecule has 0 unspecified atom stereocenters. The van der Waals surface area contributed by atoms with E-state index in [1.54, 1.807) is 0 Å². The fourth-order valence-electron chi connectivity index (χ4n) is 1.84.